The van der Waals surface area contributed by atoms with Crippen LogP contribution in [-0.2, 0) is 23.5 Å². The Hall–Kier alpha value is -2.19. The molecule has 2 heterocycles. The smallest absolute Gasteiger partial charge is 0.335 e. The minimum absolute atomic E-state index is 0.172. The molecule has 1 atom stereocenters. The van der Waals surface area contributed by atoms with E-state index >= 15 is 0 Å². The Morgan fingerprint density at radius 3 is 2.69 bits per heavy atom. The average molecular weight is 377 g/mol. The number of hydrogen-bond acceptors (Lipinski definition) is 4. The number of aryl methyl sites for hydroxylation is 2. The maximum atomic E-state index is 13.0. The van der Waals surface area contributed by atoms with Gasteiger partial charge in [-0.15, -0.1) is 0 Å². The van der Waals surface area contributed by atoms with E-state index in [1.807, 2.05) is 6.07 Å². The summed E-state index contributed by atoms with van der Waals surface area (Å²) in [6, 6.07) is 6.84. The second-order valence-corrected chi connectivity index (χ2v) is 8.73. The summed E-state index contributed by atoms with van der Waals surface area (Å²) in [5, 5.41) is 13.3. The van der Waals surface area contributed by atoms with Crippen LogP contribution in [0.2, 0.25) is 0 Å². The Morgan fingerprint density at radius 1 is 1.35 bits per heavy atom. The van der Waals surface area contributed by atoms with Crippen molar-refractivity contribution in [3.8, 4) is 0 Å². The Morgan fingerprint density at radius 2 is 2.08 bits per heavy atom. The monoisotopic (exact) mass is 377 g/mol. The average Bonchev–Trinajstić information content (AvgIpc) is 3.13. The van der Waals surface area contributed by atoms with Crippen molar-refractivity contribution in [3.05, 3.63) is 46.8 Å². The molecule has 0 bridgehead atoms. The first-order valence-corrected chi connectivity index (χ1v) is 9.96. The normalized spacial score (nSPS) is 18.3. The minimum Gasteiger partial charge on any atom is -0.478 e. The molecule has 8 heteroatoms. The molecule has 0 spiro atoms. The summed E-state index contributed by atoms with van der Waals surface area (Å²) in [4.78, 5) is 11.4. The summed E-state index contributed by atoms with van der Waals surface area (Å²) < 4.78 is 29.2. The van der Waals surface area contributed by atoms with E-state index in [4.69, 9.17) is 5.11 Å². The van der Waals surface area contributed by atoms with Crippen molar-refractivity contribution in [2.24, 2.45) is 13.0 Å². The fraction of sp³-hybridized carbons (Fsp3) is 0.444. The van der Waals surface area contributed by atoms with E-state index in [9.17, 15) is 13.2 Å². The van der Waals surface area contributed by atoms with Crippen LogP contribution in [0, 0.1) is 19.8 Å². The van der Waals surface area contributed by atoms with Gasteiger partial charge in [-0.05, 0) is 50.3 Å². The number of aromatic carboxylic acids is 1. The number of aromatic nitrogens is 2. The van der Waals surface area contributed by atoms with Crippen LogP contribution in [0.1, 0.15) is 33.7 Å². The molecule has 0 saturated carbocycles. The highest BCUT2D eigenvalue weighted by atomic mass is 32.2. The molecule has 1 aromatic carbocycles. The molecule has 140 valence electrons. The fourth-order valence-electron chi connectivity index (χ4n) is 3.60. The number of sulfonamides is 1. The van der Waals surface area contributed by atoms with Gasteiger partial charge in [0.1, 0.15) is 4.90 Å². The maximum Gasteiger partial charge on any atom is 0.335 e. The van der Waals surface area contributed by atoms with Crippen molar-refractivity contribution >= 4 is 16.0 Å². The second kappa shape index (κ2) is 6.85. The van der Waals surface area contributed by atoms with E-state index in [1.54, 1.807) is 43.8 Å². The second-order valence-electron chi connectivity index (χ2n) is 6.85. The van der Waals surface area contributed by atoms with Crippen molar-refractivity contribution in [3.63, 3.8) is 0 Å². The molecule has 1 fully saturated rings. The van der Waals surface area contributed by atoms with Crippen molar-refractivity contribution in [1.82, 2.24) is 14.1 Å². The Labute approximate surface area is 153 Å². The van der Waals surface area contributed by atoms with Crippen molar-refractivity contribution in [1.29, 1.82) is 0 Å². The molecule has 1 N–H and O–H groups in total. The summed E-state index contributed by atoms with van der Waals surface area (Å²) >= 11 is 0. The molecule has 2 aromatic rings. The summed E-state index contributed by atoms with van der Waals surface area (Å²) in [6.07, 6.45) is 1.42. The van der Waals surface area contributed by atoms with Gasteiger partial charge in [-0.1, -0.05) is 12.1 Å². The van der Waals surface area contributed by atoms with Gasteiger partial charge in [0, 0.05) is 20.1 Å². The highest BCUT2D eigenvalue weighted by Crippen LogP contribution is 2.29. The highest BCUT2D eigenvalue weighted by molar-refractivity contribution is 7.89. The number of carboxylic acids is 1. The van der Waals surface area contributed by atoms with Gasteiger partial charge in [-0.3, -0.25) is 4.68 Å². The molecular formula is C18H23N3O4S. The first-order valence-electron chi connectivity index (χ1n) is 8.52. The molecule has 7 nitrogen and oxygen atoms in total. The van der Waals surface area contributed by atoms with Crippen LogP contribution in [-0.4, -0.2) is 46.7 Å². The number of hydrogen-bond donors (Lipinski definition) is 1. The largest absolute Gasteiger partial charge is 0.478 e. The van der Waals surface area contributed by atoms with Gasteiger partial charge in [-0.25, -0.2) is 13.2 Å². The summed E-state index contributed by atoms with van der Waals surface area (Å²) in [5.41, 5.74) is 2.33. The fourth-order valence-corrected chi connectivity index (χ4v) is 5.53. The van der Waals surface area contributed by atoms with Crippen LogP contribution in [0.3, 0.4) is 0 Å². The van der Waals surface area contributed by atoms with Crippen molar-refractivity contribution < 1.29 is 18.3 Å². The van der Waals surface area contributed by atoms with Gasteiger partial charge < -0.3 is 5.11 Å². The molecule has 0 amide bonds. The summed E-state index contributed by atoms with van der Waals surface area (Å²) in [6.45, 7) is 4.38. The Kier molecular flexibility index (Phi) is 4.90. The molecule has 0 aliphatic carbocycles. The standard InChI is InChI=1S/C18H23N3O4S/c1-12-17(13(2)20(3)19-12)26(24,25)21-8-7-15(11-21)9-14-5-4-6-16(10-14)18(22)23/h4-6,10,15H,7-9,11H2,1-3H3,(H,22,23)/t15-/m0/s1. The van der Waals surface area contributed by atoms with E-state index in [-0.39, 0.29) is 11.5 Å². The van der Waals surface area contributed by atoms with Crippen LogP contribution in [0.15, 0.2) is 29.2 Å². The zero-order valence-electron chi connectivity index (χ0n) is 15.1. The molecule has 1 aromatic heterocycles. The maximum absolute atomic E-state index is 13.0. The summed E-state index contributed by atoms with van der Waals surface area (Å²) in [5.74, 6) is -0.781. The molecular weight excluding hydrogens is 354 g/mol. The van der Waals surface area contributed by atoms with Gasteiger partial charge in [-0.2, -0.15) is 9.40 Å². The van der Waals surface area contributed by atoms with Gasteiger partial charge >= 0.3 is 5.97 Å². The number of carboxylic acid groups (broad SMARTS) is 1. The number of carbonyl (C=O) groups is 1. The molecule has 0 unspecified atom stereocenters. The SMILES string of the molecule is Cc1nn(C)c(C)c1S(=O)(=O)N1CC[C@@H](Cc2cccc(C(=O)O)c2)C1. The first-order chi connectivity index (χ1) is 12.2. The predicted molar refractivity (Wildman–Crippen MR) is 96.7 cm³/mol. The predicted octanol–water partition coefficient (Wildman–Crippen LogP) is 1.99. The van der Waals surface area contributed by atoms with Crippen LogP contribution in [0.4, 0.5) is 0 Å². The van der Waals surface area contributed by atoms with E-state index < -0.39 is 16.0 Å². The highest BCUT2D eigenvalue weighted by Gasteiger charge is 2.35. The van der Waals surface area contributed by atoms with E-state index in [2.05, 4.69) is 5.10 Å². The van der Waals surface area contributed by atoms with Gasteiger partial charge in [0.25, 0.3) is 0 Å². The van der Waals surface area contributed by atoms with Gasteiger partial charge in [0.05, 0.1) is 17.0 Å². The lowest BCUT2D eigenvalue weighted by Gasteiger charge is -2.17. The number of rotatable bonds is 5. The van der Waals surface area contributed by atoms with Crippen LogP contribution in [0.5, 0.6) is 0 Å². The van der Waals surface area contributed by atoms with E-state index in [0.29, 0.717) is 35.8 Å². The summed E-state index contributed by atoms with van der Waals surface area (Å²) in [7, 11) is -1.83. The molecule has 1 saturated heterocycles. The number of nitrogens with zero attached hydrogens (tertiary/aromatic N) is 3. The first kappa shape index (κ1) is 18.6. The molecule has 3 rings (SSSR count). The van der Waals surface area contributed by atoms with Crippen molar-refractivity contribution in [2.75, 3.05) is 13.1 Å². The van der Waals surface area contributed by atoms with Crippen LogP contribution >= 0.6 is 0 Å². The van der Waals surface area contributed by atoms with Crippen LogP contribution < -0.4 is 0 Å². The van der Waals surface area contributed by atoms with E-state index in [0.717, 1.165) is 12.0 Å². The van der Waals surface area contributed by atoms with Crippen molar-refractivity contribution in [2.45, 2.75) is 31.6 Å². The quantitative estimate of drug-likeness (QED) is 0.860. The minimum atomic E-state index is -3.57. The Balaban J connectivity index is 1.76. The van der Waals surface area contributed by atoms with Crippen LogP contribution in [0.25, 0.3) is 0 Å². The molecule has 26 heavy (non-hydrogen) atoms. The lowest BCUT2D eigenvalue weighted by molar-refractivity contribution is 0.0696. The van der Waals surface area contributed by atoms with Gasteiger partial charge in [0.15, 0.2) is 0 Å². The number of benzene rings is 1. The third-order valence-electron chi connectivity index (χ3n) is 4.99. The molecule has 1 aliphatic heterocycles. The topological polar surface area (TPSA) is 92.5 Å². The lowest BCUT2D eigenvalue weighted by Crippen LogP contribution is -2.30. The van der Waals surface area contributed by atoms with Gasteiger partial charge in [0.2, 0.25) is 10.0 Å². The third-order valence-corrected chi connectivity index (χ3v) is 7.11. The molecule has 1 aliphatic rings. The van der Waals surface area contributed by atoms with E-state index in [1.165, 1.54) is 4.31 Å². The zero-order chi connectivity index (χ0) is 19.1. The third kappa shape index (κ3) is 3.39. The molecule has 0 radical (unpaired) electrons. The lowest BCUT2D eigenvalue weighted by atomic mass is 9.97. The Bertz CT molecular complexity index is 949. The zero-order valence-corrected chi connectivity index (χ0v) is 16.0.